The van der Waals surface area contributed by atoms with Gasteiger partial charge < -0.3 is 10.6 Å². The molecule has 18 heavy (non-hydrogen) atoms. The fourth-order valence-electron chi connectivity index (χ4n) is 1.96. The Balaban J connectivity index is 2.36. The molecule has 1 rings (SSSR count). The highest BCUT2D eigenvalue weighted by atomic mass is 15.1. The topological polar surface area (TPSA) is 53.0 Å². The Hall–Kier alpha value is -1.53. The number of nitriles is 1. The van der Waals surface area contributed by atoms with Crippen molar-refractivity contribution in [3.05, 3.63) is 30.3 Å². The zero-order valence-electron chi connectivity index (χ0n) is 11.4. The van der Waals surface area contributed by atoms with Crippen LogP contribution in [0.3, 0.4) is 0 Å². The fraction of sp³-hybridized carbons (Fsp3) is 0.533. The molecule has 0 aliphatic carbocycles. The molecule has 1 aromatic rings. The van der Waals surface area contributed by atoms with Gasteiger partial charge in [0, 0.05) is 18.8 Å². The number of rotatable bonds is 7. The summed E-state index contributed by atoms with van der Waals surface area (Å²) < 4.78 is 0. The quantitative estimate of drug-likeness (QED) is 0.751. The van der Waals surface area contributed by atoms with E-state index in [0.29, 0.717) is 0 Å². The molecule has 0 bridgehead atoms. The smallest absolute Gasteiger partial charge is 0.101 e. The van der Waals surface area contributed by atoms with Crippen LogP contribution in [0.15, 0.2) is 30.3 Å². The van der Waals surface area contributed by atoms with Crippen LogP contribution in [0.1, 0.15) is 33.1 Å². The van der Waals surface area contributed by atoms with E-state index in [9.17, 15) is 0 Å². The molecular formula is C15H23N3. The van der Waals surface area contributed by atoms with Crippen molar-refractivity contribution in [3.8, 4) is 6.07 Å². The minimum absolute atomic E-state index is 0.677. The Labute approximate surface area is 110 Å². The van der Waals surface area contributed by atoms with Crippen molar-refractivity contribution in [1.82, 2.24) is 0 Å². The molecule has 2 N–H and O–H groups in total. The van der Waals surface area contributed by atoms with Crippen molar-refractivity contribution in [2.75, 3.05) is 18.0 Å². The molecule has 1 atom stereocenters. The SMILES string of the molecule is CCN(CCCCC(C)(N)C#N)c1ccccc1. The summed E-state index contributed by atoms with van der Waals surface area (Å²) in [6.45, 7) is 5.97. The predicted octanol–water partition coefficient (Wildman–Crippen LogP) is 2.92. The average Bonchev–Trinajstić information content (AvgIpc) is 2.40. The molecule has 0 fully saturated rings. The highest BCUT2D eigenvalue weighted by molar-refractivity contribution is 5.45. The molecule has 3 nitrogen and oxygen atoms in total. The van der Waals surface area contributed by atoms with Crippen LogP contribution in [0.25, 0.3) is 0 Å². The van der Waals surface area contributed by atoms with Crippen molar-refractivity contribution < 1.29 is 0 Å². The van der Waals surface area contributed by atoms with E-state index in [2.05, 4.69) is 42.2 Å². The summed E-state index contributed by atoms with van der Waals surface area (Å²) >= 11 is 0. The highest BCUT2D eigenvalue weighted by Crippen LogP contribution is 2.15. The zero-order chi connectivity index (χ0) is 13.4. The Kier molecular flexibility index (Phi) is 5.67. The van der Waals surface area contributed by atoms with Crippen LogP contribution in [0, 0.1) is 11.3 Å². The van der Waals surface area contributed by atoms with Crippen LogP contribution < -0.4 is 10.6 Å². The van der Waals surface area contributed by atoms with E-state index < -0.39 is 5.54 Å². The third-order valence-electron chi connectivity index (χ3n) is 3.13. The molecule has 0 radical (unpaired) electrons. The van der Waals surface area contributed by atoms with Crippen LogP contribution in [0.5, 0.6) is 0 Å². The van der Waals surface area contributed by atoms with Crippen molar-refractivity contribution in [2.24, 2.45) is 5.73 Å². The molecular weight excluding hydrogens is 222 g/mol. The van der Waals surface area contributed by atoms with Gasteiger partial charge in [-0.3, -0.25) is 0 Å². The maximum absolute atomic E-state index is 8.84. The molecule has 3 heteroatoms. The standard InChI is InChI=1S/C15H23N3/c1-3-18(14-9-5-4-6-10-14)12-8-7-11-15(2,17)13-16/h4-6,9-10H,3,7-8,11-12,17H2,1-2H3. The molecule has 0 saturated heterocycles. The second kappa shape index (κ2) is 7.03. The summed E-state index contributed by atoms with van der Waals surface area (Å²) in [5, 5.41) is 8.84. The van der Waals surface area contributed by atoms with Crippen LogP contribution in [-0.2, 0) is 0 Å². The number of unbranched alkanes of at least 4 members (excludes halogenated alkanes) is 1. The van der Waals surface area contributed by atoms with E-state index >= 15 is 0 Å². The predicted molar refractivity (Wildman–Crippen MR) is 76.4 cm³/mol. The van der Waals surface area contributed by atoms with Crippen LogP contribution in [0.2, 0.25) is 0 Å². The van der Waals surface area contributed by atoms with Gasteiger partial charge in [0.05, 0.1) is 6.07 Å². The largest absolute Gasteiger partial charge is 0.372 e. The van der Waals surface area contributed by atoms with Gasteiger partial charge in [-0.25, -0.2) is 0 Å². The minimum atomic E-state index is -0.677. The van der Waals surface area contributed by atoms with E-state index in [4.69, 9.17) is 11.0 Å². The minimum Gasteiger partial charge on any atom is -0.372 e. The Morgan fingerprint density at radius 3 is 2.50 bits per heavy atom. The molecule has 0 aliphatic heterocycles. The maximum Gasteiger partial charge on any atom is 0.101 e. The van der Waals surface area contributed by atoms with Crippen molar-refractivity contribution in [3.63, 3.8) is 0 Å². The van der Waals surface area contributed by atoms with Gasteiger partial charge in [-0.1, -0.05) is 18.2 Å². The van der Waals surface area contributed by atoms with Crippen LogP contribution in [-0.4, -0.2) is 18.6 Å². The molecule has 0 amide bonds. The summed E-state index contributed by atoms with van der Waals surface area (Å²) in [6.07, 6.45) is 2.82. The van der Waals surface area contributed by atoms with Crippen LogP contribution in [0.4, 0.5) is 5.69 Å². The molecule has 0 spiro atoms. The third-order valence-corrected chi connectivity index (χ3v) is 3.13. The number of hydrogen-bond acceptors (Lipinski definition) is 3. The maximum atomic E-state index is 8.84. The van der Waals surface area contributed by atoms with E-state index in [-0.39, 0.29) is 0 Å². The Morgan fingerprint density at radius 1 is 1.28 bits per heavy atom. The lowest BCUT2D eigenvalue weighted by Crippen LogP contribution is -2.34. The summed E-state index contributed by atoms with van der Waals surface area (Å²) in [5.41, 5.74) is 6.39. The third kappa shape index (κ3) is 4.77. The van der Waals surface area contributed by atoms with Crippen LogP contribution >= 0.6 is 0 Å². The average molecular weight is 245 g/mol. The first-order valence-corrected chi connectivity index (χ1v) is 6.59. The lowest BCUT2D eigenvalue weighted by atomic mass is 9.98. The van der Waals surface area contributed by atoms with Gasteiger partial charge in [0.2, 0.25) is 0 Å². The number of hydrogen-bond donors (Lipinski definition) is 1. The van der Waals surface area contributed by atoms with Crippen molar-refractivity contribution in [2.45, 2.75) is 38.6 Å². The van der Waals surface area contributed by atoms with E-state index in [1.807, 2.05) is 6.07 Å². The van der Waals surface area contributed by atoms with E-state index in [1.165, 1.54) is 5.69 Å². The molecule has 1 aromatic carbocycles. The lowest BCUT2D eigenvalue weighted by molar-refractivity contribution is 0.507. The number of para-hydroxylation sites is 1. The fourth-order valence-corrected chi connectivity index (χ4v) is 1.96. The van der Waals surface area contributed by atoms with Crippen molar-refractivity contribution >= 4 is 5.69 Å². The monoisotopic (exact) mass is 245 g/mol. The molecule has 0 aliphatic rings. The molecule has 0 aromatic heterocycles. The summed E-state index contributed by atoms with van der Waals surface area (Å²) in [5.74, 6) is 0. The van der Waals surface area contributed by atoms with Gasteiger partial charge in [0.15, 0.2) is 0 Å². The van der Waals surface area contributed by atoms with Gasteiger partial charge in [-0.2, -0.15) is 5.26 Å². The van der Waals surface area contributed by atoms with Gasteiger partial charge in [0.25, 0.3) is 0 Å². The Morgan fingerprint density at radius 2 is 1.94 bits per heavy atom. The van der Waals surface area contributed by atoms with Gasteiger partial charge >= 0.3 is 0 Å². The number of anilines is 1. The summed E-state index contributed by atoms with van der Waals surface area (Å²) in [7, 11) is 0. The van der Waals surface area contributed by atoms with E-state index in [0.717, 1.165) is 32.4 Å². The van der Waals surface area contributed by atoms with Gasteiger partial charge in [-0.05, 0) is 45.2 Å². The highest BCUT2D eigenvalue weighted by Gasteiger charge is 2.16. The van der Waals surface area contributed by atoms with Crippen molar-refractivity contribution in [1.29, 1.82) is 5.26 Å². The lowest BCUT2D eigenvalue weighted by Gasteiger charge is -2.23. The molecule has 0 heterocycles. The van der Waals surface area contributed by atoms with Gasteiger partial charge in [-0.15, -0.1) is 0 Å². The second-order valence-corrected chi connectivity index (χ2v) is 4.90. The normalized spacial score (nSPS) is 13.7. The first kappa shape index (κ1) is 14.5. The van der Waals surface area contributed by atoms with E-state index in [1.54, 1.807) is 6.92 Å². The second-order valence-electron chi connectivity index (χ2n) is 4.90. The van der Waals surface area contributed by atoms with Gasteiger partial charge in [0.1, 0.15) is 5.54 Å². The first-order valence-electron chi connectivity index (χ1n) is 6.59. The molecule has 1 unspecified atom stereocenters. The molecule has 98 valence electrons. The first-order chi connectivity index (χ1) is 8.59. The molecule has 0 saturated carbocycles. The Bertz CT molecular complexity index is 378. The summed E-state index contributed by atoms with van der Waals surface area (Å²) in [4.78, 5) is 2.35. The summed E-state index contributed by atoms with van der Waals surface area (Å²) in [6, 6.07) is 12.6. The number of nitrogens with zero attached hydrogens (tertiary/aromatic N) is 2. The zero-order valence-corrected chi connectivity index (χ0v) is 11.4. The number of nitrogens with two attached hydrogens (primary N) is 1. The number of benzene rings is 1.